The molecule has 0 radical (unpaired) electrons. The summed E-state index contributed by atoms with van der Waals surface area (Å²) in [6.07, 6.45) is 3.56. The third-order valence-electron chi connectivity index (χ3n) is 6.49. The Hall–Kier alpha value is -2.47. The summed E-state index contributed by atoms with van der Waals surface area (Å²) < 4.78 is 5.29. The lowest BCUT2D eigenvalue weighted by Crippen LogP contribution is -2.45. The zero-order valence-corrected chi connectivity index (χ0v) is 19.0. The van der Waals surface area contributed by atoms with E-state index in [9.17, 15) is 9.59 Å². The fraction of sp³-hybridized carbons (Fsp3) is 0.440. The van der Waals surface area contributed by atoms with Crippen LogP contribution in [0.25, 0.3) is 0 Å². The molecule has 0 bridgehead atoms. The lowest BCUT2D eigenvalue weighted by molar-refractivity contribution is -0.148. The number of nitrogens with one attached hydrogen (secondary N) is 1. The average Bonchev–Trinajstić information content (AvgIpc) is 2.78. The van der Waals surface area contributed by atoms with Crippen molar-refractivity contribution in [2.24, 2.45) is 11.8 Å². The van der Waals surface area contributed by atoms with Crippen molar-refractivity contribution in [2.45, 2.75) is 55.4 Å². The second kappa shape index (κ2) is 9.77. The van der Waals surface area contributed by atoms with Crippen LogP contribution in [0.2, 0.25) is 0 Å². The van der Waals surface area contributed by atoms with Gasteiger partial charge in [-0.25, -0.2) is 0 Å². The number of carbonyl (C=O) groups is 2. The van der Waals surface area contributed by atoms with E-state index < -0.39 is 0 Å². The van der Waals surface area contributed by atoms with Gasteiger partial charge in [0.2, 0.25) is 0 Å². The molecule has 0 spiro atoms. The molecule has 5 nitrogen and oxygen atoms in total. The van der Waals surface area contributed by atoms with Gasteiger partial charge in [0.05, 0.1) is 17.8 Å². The normalized spacial score (nSPS) is 22.3. The van der Waals surface area contributed by atoms with Crippen molar-refractivity contribution in [3.8, 4) is 0 Å². The minimum atomic E-state index is -0.353. The zero-order chi connectivity index (χ0) is 21.8. The van der Waals surface area contributed by atoms with E-state index >= 15 is 0 Å². The second-order valence-electron chi connectivity index (χ2n) is 8.54. The fourth-order valence-electron chi connectivity index (χ4n) is 4.48. The molecular weight excluding hydrogens is 408 g/mol. The van der Waals surface area contributed by atoms with E-state index in [1.165, 1.54) is 16.2 Å². The second-order valence-corrected chi connectivity index (χ2v) is 9.62. The van der Waals surface area contributed by atoms with Crippen molar-refractivity contribution in [2.75, 3.05) is 18.1 Å². The van der Waals surface area contributed by atoms with Crippen LogP contribution < -0.4 is 10.2 Å². The highest BCUT2D eigenvalue weighted by Crippen LogP contribution is 2.47. The van der Waals surface area contributed by atoms with E-state index in [1.807, 2.05) is 24.3 Å². The summed E-state index contributed by atoms with van der Waals surface area (Å²) in [5.41, 5.74) is 2.19. The van der Waals surface area contributed by atoms with Crippen molar-refractivity contribution in [3.63, 3.8) is 0 Å². The van der Waals surface area contributed by atoms with Crippen molar-refractivity contribution in [3.05, 3.63) is 48.5 Å². The van der Waals surface area contributed by atoms with E-state index in [-0.39, 0.29) is 30.9 Å². The summed E-state index contributed by atoms with van der Waals surface area (Å²) in [6.45, 7) is 4.72. The molecule has 1 N–H and O–H groups in total. The summed E-state index contributed by atoms with van der Waals surface area (Å²) in [5, 5.41) is 3.06. The van der Waals surface area contributed by atoms with Gasteiger partial charge in [-0.3, -0.25) is 9.59 Å². The minimum Gasteiger partial charge on any atom is -0.456 e. The van der Waals surface area contributed by atoms with Crippen molar-refractivity contribution < 1.29 is 14.3 Å². The molecule has 1 heterocycles. The molecule has 1 aliphatic carbocycles. The maximum absolute atomic E-state index is 12.4. The summed E-state index contributed by atoms with van der Waals surface area (Å²) >= 11 is 1.74. The zero-order valence-electron chi connectivity index (χ0n) is 18.2. The molecule has 31 heavy (non-hydrogen) atoms. The number of ether oxygens (including phenoxy) is 1. The number of rotatable bonds is 6. The number of hydrogen-bond donors (Lipinski definition) is 1. The Morgan fingerprint density at radius 3 is 2.35 bits per heavy atom. The van der Waals surface area contributed by atoms with Gasteiger partial charge < -0.3 is 15.0 Å². The highest BCUT2D eigenvalue weighted by molar-refractivity contribution is 7.99. The summed E-state index contributed by atoms with van der Waals surface area (Å²) in [5.74, 6) is 0.498. The predicted octanol–water partition coefficient (Wildman–Crippen LogP) is 5.16. The third-order valence-corrected chi connectivity index (χ3v) is 7.62. The lowest BCUT2D eigenvalue weighted by atomic mass is 9.78. The number of amides is 1. The number of fused-ring (bicyclic) bond motifs is 2. The Kier molecular flexibility index (Phi) is 6.86. The Balaban J connectivity index is 1.31. The van der Waals surface area contributed by atoms with Crippen molar-refractivity contribution in [1.29, 1.82) is 0 Å². The summed E-state index contributed by atoms with van der Waals surface area (Å²) in [6, 6.07) is 16.6. The number of nitrogens with zero attached hydrogens (tertiary/aromatic N) is 1. The molecule has 3 atom stereocenters. The number of benzene rings is 2. The molecule has 164 valence electrons. The standard InChI is InChI=1S/C25H30N2O3S/c1-17-8-7-9-19(18(17)2)26-24(28)16-30-25(29)14-15-27-20-10-3-5-12-22(20)31-23-13-6-4-11-21(23)27/h3-6,10-13,17-19H,7-9,14-16H2,1-2H3,(H,26,28)/t17-,18+,19+/m0/s1. The molecule has 0 saturated heterocycles. The molecule has 1 aliphatic heterocycles. The number of hydrogen-bond acceptors (Lipinski definition) is 5. The highest BCUT2D eigenvalue weighted by atomic mass is 32.2. The van der Waals surface area contributed by atoms with Gasteiger partial charge in [0.25, 0.3) is 5.91 Å². The van der Waals surface area contributed by atoms with Crippen molar-refractivity contribution >= 4 is 35.0 Å². The SMILES string of the molecule is C[C@@H]1[C@@H](C)CCC[C@H]1NC(=O)COC(=O)CCN1c2ccccc2Sc2ccccc21. The molecule has 2 aromatic rings. The van der Waals surface area contributed by atoms with Crippen LogP contribution in [0.15, 0.2) is 58.3 Å². The Morgan fingerprint density at radius 2 is 1.68 bits per heavy atom. The van der Waals surface area contributed by atoms with Gasteiger partial charge in [-0.1, -0.05) is 62.7 Å². The van der Waals surface area contributed by atoms with Crippen LogP contribution in [-0.4, -0.2) is 31.1 Å². The maximum atomic E-state index is 12.4. The van der Waals surface area contributed by atoms with Gasteiger partial charge in [-0.05, 0) is 42.5 Å². The van der Waals surface area contributed by atoms with Gasteiger partial charge in [0.15, 0.2) is 6.61 Å². The molecule has 1 amide bonds. The van der Waals surface area contributed by atoms with E-state index in [2.05, 4.69) is 48.3 Å². The smallest absolute Gasteiger partial charge is 0.308 e. The van der Waals surface area contributed by atoms with Crippen LogP contribution >= 0.6 is 11.8 Å². The fourth-order valence-corrected chi connectivity index (χ4v) is 5.57. The van der Waals surface area contributed by atoms with Crippen molar-refractivity contribution in [1.82, 2.24) is 5.32 Å². The quantitative estimate of drug-likeness (QED) is 0.631. The average molecular weight is 439 g/mol. The molecule has 2 aromatic carbocycles. The maximum Gasteiger partial charge on any atom is 0.308 e. The predicted molar refractivity (Wildman–Crippen MR) is 124 cm³/mol. The first-order chi connectivity index (χ1) is 15.0. The molecule has 6 heteroatoms. The first kappa shape index (κ1) is 21.8. The van der Waals surface area contributed by atoms with Crippen LogP contribution in [0, 0.1) is 11.8 Å². The largest absolute Gasteiger partial charge is 0.456 e. The van der Waals surface area contributed by atoms with Crippen LogP contribution in [0.5, 0.6) is 0 Å². The number of anilines is 2. The van der Waals surface area contributed by atoms with Gasteiger partial charge in [0, 0.05) is 22.4 Å². The lowest BCUT2D eigenvalue weighted by Gasteiger charge is -2.34. The number of esters is 1. The van der Waals surface area contributed by atoms with E-state index in [0.29, 0.717) is 18.4 Å². The van der Waals surface area contributed by atoms with Gasteiger partial charge in [-0.15, -0.1) is 0 Å². The number of carbonyl (C=O) groups excluding carboxylic acids is 2. The molecule has 0 aromatic heterocycles. The van der Waals surface area contributed by atoms with Gasteiger partial charge >= 0.3 is 5.97 Å². The van der Waals surface area contributed by atoms with E-state index in [4.69, 9.17) is 4.74 Å². The topological polar surface area (TPSA) is 58.6 Å². The van der Waals surface area contributed by atoms with Crippen LogP contribution in [-0.2, 0) is 14.3 Å². The monoisotopic (exact) mass is 438 g/mol. The molecule has 1 fully saturated rings. The van der Waals surface area contributed by atoms with Gasteiger partial charge in [-0.2, -0.15) is 0 Å². The first-order valence-corrected chi connectivity index (χ1v) is 11.9. The Morgan fingerprint density at radius 1 is 1.03 bits per heavy atom. The molecule has 2 aliphatic rings. The first-order valence-electron chi connectivity index (χ1n) is 11.1. The van der Waals surface area contributed by atoms with Crippen LogP contribution in [0.4, 0.5) is 11.4 Å². The number of para-hydroxylation sites is 2. The van der Waals surface area contributed by atoms with E-state index in [1.54, 1.807) is 11.8 Å². The van der Waals surface area contributed by atoms with Gasteiger partial charge in [0.1, 0.15) is 0 Å². The summed E-state index contributed by atoms with van der Waals surface area (Å²) in [7, 11) is 0. The Labute approximate surface area is 188 Å². The Bertz CT molecular complexity index is 902. The molecule has 1 saturated carbocycles. The van der Waals surface area contributed by atoms with Crippen LogP contribution in [0.3, 0.4) is 0 Å². The van der Waals surface area contributed by atoms with E-state index in [0.717, 1.165) is 24.2 Å². The summed E-state index contributed by atoms with van der Waals surface area (Å²) in [4.78, 5) is 29.2. The highest BCUT2D eigenvalue weighted by Gasteiger charge is 2.28. The molecule has 0 unspecified atom stereocenters. The van der Waals surface area contributed by atoms with Crippen LogP contribution in [0.1, 0.15) is 39.5 Å². The molecule has 4 rings (SSSR count). The third kappa shape index (κ3) is 5.06. The minimum absolute atomic E-state index is 0.175. The molecular formula is C25H30N2O3S.